The second-order valence-electron chi connectivity index (χ2n) is 5.27. The molecule has 0 aromatic heterocycles. The molecule has 0 saturated heterocycles. The maximum absolute atomic E-state index is 12.2. The lowest BCUT2D eigenvalue weighted by Gasteiger charge is -2.28. The van der Waals surface area contributed by atoms with Gasteiger partial charge >= 0.3 is 0 Å². The molecule has 1 rings (SSSR count). The largest absolute Gasteiger partial charge is 0.298 e. The van der Waals surface area contributed by atoms with Crippen LogP contribution in [0.1, 0.15) is 52.4 Å². The third-order valence-corrected chi connectivity index (χ3v) is 3.66. The third kappa shape index (κ3) is 4.87. The molecule has 1 saturated carbocycles. The topological polar surface area (TPSA) is 44.1 Å². The molecule has 0 N–H and O–H groups in total. The van der Waals surface area contributed by atoms with E-state index in [4.69, 9.17) is 5.26 Å². The van der Waals surface area contributed by atoms with Gasteiger partial charge in [-0.1, -0.05) is 19.3 Å². The van der Waals surface area contributed by atoms with Crippen LogP contribution in [0.4, 0.5) is 0 Å². The first-order valence-electron chi connectivity index (χ1n) is 6.79. The normalized spacial score (nSPS) is 17.4. The van der Waals surface area contributed by atoms with Gasteiger partial charge in [-0.15, -0.1) is 0 Å². The summed E-state index contributed by atoms with van der Waals surface area (Å²) in [6.45, 7) is 5.42. The van der Waals surface area contributed by atoms with Crippen molar-refractivity contribution in [3.8, 4) is 6.07 Å². The van der Waals surface area contributed by atoms with Crippen molar-refractivity contribution in [2.24, 2.45) is 5.92 Å². The molecule has 0 spiro atoms. The van der Waals surface area contributed by atoms with Gasteiger partial charge in [-0.05, 0) is 26.7 Å². The first kappa shape index (κ1) is 14.2. The van der Waals surface area contributed by atoms with Crippen LogP contribution in [0.5, 0.6) is 0 Å². The molecule has 3 nitrogen and oxygen atoms in total. The second kappa shape index (κ2) is 7.45. The number of hydrogen-bond acceptors (Lipinski definition) is 3. The average molecular weight is 236 g/mol. The highest BCUT2D eigenvalue weighted by molar-refractivity contribution is 5.83. The highest BCUT2D eigenvalue weighted by atomic mass is 16.1. The molecule has 17 heavy (non-hydrogen) atoms. The quantitative estimate of drug-likeness (QED) is 0.712. The van der Waals surface area contributed by atoms with Gasteiger partial charge in [0.25, 0.3) is 0 Å². The molecule has 3 heteroatoms. The van der Waals surface area contributed by atoms with E-state index in [2.05, 4.69) is 24.8 Å². The third-order valence-electron chi connectivity index (χ3n) is 3.66. The van der Waals surface area contributed by atoms with Crippen LogP contribution in [0.3, 0.4) is 0 Å². The zero-order valence-electron chi connectivity index (χ0n) is 11.1. The smallest absolute Gasteiger partial charge is 0.149 e. The van der Waals surface area contributed by atoms with E-state index in [0.29, 0.717) is 31.3 Å². The van der Waals surface area contributed by atoms with Crippen molar-refractivity contribution in [1.29, 1.82) is 5.26 Å². The minimum atomic E-state index is 0.284. The van der Waals surface area contributed by atoms with Gasteiger partial charge in [0, 0.05) is 24.9 Å². The van der Waals surface area contributed by atoms with E-state index in [0.717, 1.165) is 12.8 Å². The zero-order chi connectivity index (χ0) is 12.7. The van der Waals surface area contributed by atoms with Crippen LogP contribution < -0.4 is 0 Å². The maximum Gasteiger partial charge on any atom is 0.149 e. The number of carbonyl (C=O) groups is 1. The van der Waals surface area contributed by atoms with Crippen LogP contribution in [0.25, 0.3) is 0 Å². The summed E-state index contributed by atoms with van der Waals surface area (Å²) in [6, 6.07) is 2.50. The van der Waals surface area contributed by atoms with Crippen LogP contribution in [-0.4, -0.2) is 29.8 Å². The molecular formula is C14H24N2O. The molecular weight excluding hydrogens is 212 g/mol. The lowest BCUT2D eigenvalue weighted by atomic mass is 9.86. The van der Waals surface area contributed by atoms with Crippen molar-refractivity contribution in [3.05, 3.63) is 0 Å². The van der Waals surface area contributed by atoms with E-state index in [1.54, 1.807) is 0 Å². The van der Waals surface area contributed by atoms with E-state index >= 15 is 0 Å². The minimum Gasteiger partial charge on any atom is -0.298 e. The van der Waals surface area contributed by atoms with Crippen LogP contribution in [0.15, 0.2) is 0 Å². The Morgan fingerprint density at radius 1 is 1.35 bits per heavy atom. The zero-order valence-corrected chi connectivity index (χ0v) is 11.1. The van der Waals surface area contributed by atoms with Gasteiger partial charge in [-0.25, -0.2) is 0 Å². The molecule has 0 unspecified atom stereocenters. The monoisotopic (exact) mass is 236 g/mol. The molecule has 1 fully saturated rings. The summed E-state index contributed by atoms with van der Waals surface area (Å²) in [5, 5.41) is 8.62. The van der Waals surface area contributed by atoms with Gasteiger partial charge in [-0.2, -0.15) is 5.26 Å². The molecule has 0 aromatic rings. The Hall–Kier alpha value is -0.880. The molecule has 0 heterocycles. The Kier molecular flexibility index (Phi) is 6.21. The summed E-state index contributed by atoms with van der Waals surface area (Å²) >= 11 is 0. The molecule has 0 aromatic carbocycles. The number of carbonyl (C=O) groups excluding carboxylic acids is 1. The Labute approximate surface area is 105 Å². The van der Waals surface area contributed by atoms with Crippen molar-refractivity contribution in [2.45, 2.75) is 58.4 Å². The van der Waals surface area contributed by atoms with Gasteiger partial charge in [0.05, 0.1) is 12.6 Å². The van der Waals surface area contributed by atoms with Crippen LogP contribution in [0, 0.1) is 17.2 Å². The minimum absolute atomic E-state index is 0.284. The van der Waals surface area contributed by atoms with Crippen molar-refractivity contribution < 1.29 is 4.79 Å². The molecule has 0 bridgehead atoms. The second-order valence-corrected chi connectivity index (χ2v) is 5.27. The maximum atomic E-state index is 12.2. The van der Waals surface area contributed by atoms with Gasteiger partial charge < -0.3 is 0 Å². The summed E-state index contributed by atoms with van der Waals surface area (Å²) in [5.74, 6) is 0.670. The lowest BCUT2D eigenvalue weighted by Crippen LogP contribution is -2.38. The standard InChI is InChI=1S/C14H24N2O/c1-12(2)16(10-6-9-15)11-14(17)13-7-4-3-5-8-13/h12-13H,3-8,10-11H2,1-2H3. The van der Waals surface area contributed by atoms with Crippen LogP contribution >= 0.6 is 0 Å². The van der Waals surface area contributed by atoms with Gasteiger partial charge in [-0.3, -0.25) is 9.69 Å². The van der Waals surface area contributed by atoms with Crippen molar-refractivity contribution in [1.82, 2.24) is 4.90 Å². The summed E-state index contributed by atoms with van der Waals surface area (Å²) in [5.41, 5.74) is 0. The molecule has 96 valence electrons. The number of ketones is 1. The average Bonchev–Trinajstić information content (AvgIpc) is 2.35. The van der Waals surface area contributed by atoms with E-state index in [9.17, 15) is 4.79 Å². The Morgan fingerprint density at radius 3 is 2.53 bits per heavy atom. The van der Waals surface area contributed by atoms with Crippen molar-refractivity contribution >= 4 is 5.78 Å². The fraction of sp³-hybridized carbons (Fsp3) is 0.857. The summed E-state index contributed by atoms with van der Waals surface area (Å²) in [6.07, 6.45) is 6.35. The van der Waals surface area contributed by atoms with E-state index in [1.165, 1.54) is 19.3 Å². The first-order chi connectivity index (χ1) is 8.15. The molecule has 0 radical (unpaired) electrons. The molecule has 1 aliphatic carbocycles. The van der Waals surface area contributed by atoms with Gasteiger partial charge in [0.2, 0.25) is 0 Å². The number of rotatable bonds is 6. The fourth-order valence-corrected chi connectivity index (χ4v) is 2.47. The highest BCUT2D eigenvalue weighted by Crippen LogP contribution is 2.24. The van der Waals surface area contributed by atoms with Crippen LogP contribution in [-0.2, 0) is 4.79 Å². The highest BCUT2D eigenvalue weighted by Gasteiger charge is 2.23. The summed E-state index contributed by atoms with van der Waals surface area (Å²) in [7, 11) is 0. The van der Waals surface area contributed by atoms with Crippen molar-refractivity contribution in [2.75, 3.05) is 13.1 Å². The van der Waals surface area contributed by atoms with Crippen LogP contribution in [0.2, 0.25) is 0 Å². The predicted molar refractivity (Wildman–Crippen MR) is 68.5 cm³/mol. The Balaban J connectivity index is 2.42. The fourth-order valence-electron chi connectivity index (χ4n) is 2.47. The molecule has 0 aliphatic heterocycles. The SMILES string of the molecule is CC(C)N(CCC#N)CC(=O)C1CCCCC1. The number of nitrogens with zero attached hydrogens (tertiary/aromatic N) is 2. The molecule has 0 amide bonds. The Morgan fingerprint density at radius 2 is 2.00 bits per heavy atom. The summed E-state index contributed by atoms with van der Waals surface area (Å²) in [4.78, 5) is 14.3. The summed E-state index contributed by atoms with van der Waals surface area (Å²) < 4.78 is 0. The molecule has 0 atom stereocenters. The van der Waals surface area contributed by atoms with Gasteiger partial charge in [0.1, 0.15) is 5.78 Å². The van der Waals surface area contributed by atoms with E-state index in [1.807, 2.05) is 0 Å². The molecule has 1 aliphatic rings. The number of Topliss-reactive ketones (excluding diaryl/α,β-unsaturated/α-hetero) is 1. The van der Waals surface area contributed by atoms with Gasteiger partial charge in [0.15, 0.2) is 0 Å². The predicted octanol–water partition coefficient (Wildman–Crippen LogP) is 2.76. The van der Waals surface area contributed by atoms with E-state index in [-0.39, 0.29) is 5.92 Å². The first-order valence-corrected chi connectivity index (χ1v) is 6.79. The van der Waals surface area contributed by atoms with Crippen molar-refractivity contribution in [3.63, 3.8) is 0 Å². The Bertz CT molecular complexity index is 274. The number of nitriles is 1. The number of hydrogen-bond donors (Lipinski definition) is 0. The lowest BCUT2D eigenvalue weighted by molar-refractivity contribution is -0.125. The van der Waals surface area contributed by atoms with E-state index < -0.39 is 0 Å².